The molecular weight excluding hydrogens is 260 g/mol. The van der Waals surface area contributed by atoms with Crippen LogP contribution in [0, 0.1) is 5.92 Å². The third-order valence-corrected chi connectivity index (χ3v) is 2.61. The number of carboxylic acid groups (broad SMARTS) is 1. The van der Waals surface area contributed by atoms with Gasteiger partial charge >= 0.3 is 5.97 Å². The normalized spacial score (nSPS) is 11.6. The molecule has 2 N–H and O–H groups in total. The van der Waals surface area contributed by atoms with E-state index in [0.29, 0.717) is 6.42 Å². The number of nitrogens with one attached hydrogen (secondary N) is 1. The van der Waals surface area contributed by atoms with Crippen LogP contribution in [0.25, 0.3) is 10.4 Å². The van der Waals surface area contributed by atoms with Gasteiger partial charge in [-0.15, -0.1) is 0 Å². The summed E-state index contributed by atoms with van der Waals surface area (Å²) >= 11 is 0. The summed E-state index contributed by atoms with van der Waals surface area (Å²) in [6, 6.07) is 5.25. The number of hydrogen-bond acceptors (Lipinski definition) is 3. The van der Waals surface area contributed by atoms with Crippen molar-refractivity contribution in [2.24, 2.45) is 11.0 Å². The molecule has 0 spiro atoms. The van der Waals surface area contributed by atoms with Crippen LogP contribution in [-0.2, 0) is 4.79 Å². The molecule has 0 saturated carbocycles. The number of aliphatic carboxylic acids is 1. The van der Waals surface area contributed by atoms with Crippen LogP contribution in [0.5, 0.6) is 0 Å². The Morgan fingerprint density at radius 3 is 2.60 bits per heavy atom. The second kappa shape index (κ2) is 7.16. The minimum Gasteiger partial charge on any atom is -0.480 e. The van der Waals surface area contributed by atoms with Gasteiger partial charge in [0.15, 0.2) is 0 Å². The van der Waals surface area contributed by atoms with Crippen molar-refractivity contribution in [3.63, 3.8) is 0 Å². The van der Waals surface area contributed by atoms with E-state index in [0.717, 1.165) is 0 Å². The lowest BCUT2D eigenvalue weighted by molar-refractivity contribution is -0.139. The molecular formula is C13H16N4O3. The van der Waals surface area contributed by atoms with Crippen molar-refractivity contribution in [1.29, 1.82) is 0 Å². The van der Waals surface area contributed by atoms with Gasteiger partial charge in [-0.05, 0) is 23.9 Å². The summed E-state index contributed by atoms with van der Waals surface area (Å²) in [4.78, 5) is 25.8. The molecule has 0 saturated heterocycles. The van der Waals surface area contributed by atoms with Crippen LogP contribution < -0.4 is 5.32 Å². The number of carboxylic acids is 1. The van der Waals surface area contributed by atoms with Crippen LogP contribution in [-0.4, -0.2) is 23.0 Å². The van der Waals surface area contributed by atoms with Gasteiger partial charge in [0.2, 0.25) is 0 Å². The third kappa shape index (κ3) is 4.29. The molecule has 106 valence electrons. The molecule has 20 heavy (non-hydrogen) atoms. The zero-order valence-corrected chi connectivity index (χ0v) is 11.3. The maximum Gasteiger partial charge on any atom is 0.326 e. The summed E-state index contributed by atoms with van der Waals surface area (Å²) < 4.78 is 0. The lowest BCUT2D eigenvalue weighted by atomic mass is 10.0. The number of amides is 1. The Kier molecular flexibility index (Phi) is 5.56. The van der Waals surface area contributed by atoms with E-state index >= 15 is 0 Å². The average molecular weight is 276 g/mol. The van der Waals surface area contributed by atoms with E-state index in [2.05, 4.69) is 15.3 Å². The second-order valence-corrected chi connectivity index (χ2v) is 4.70. The molecule has 0 unspecified atom stereocenters. The number of azide groups is 1. The first-order valence-corrected chi connectivity index (χ1v) is 6.13. The van der Waals surface area contributed by atoms with Gasteiger partial charge < -0.3 is 10.4 Å². The molecule has 7 nitrogen and oxygen atoms in total. The van der Waals surface area contributed by atoms with Crippen LogP contribution in [0.1, 0.15) is 30.6 Å². The molecule has 0 radical (unpaired) electrons. The standard InChI is InChI=1S/C13H16N4O3/c1-8(2)7-11(13(19)20)15-12(18)9-5-3-4-6-10(9)16-17-14/h3-6,8,11H,7H2,1-2H3,(H,15,18)(H,19,20)/t11-/m0/s1. The van der Waals surface area contributed by atoms with Gasteiger partial charge in [0.1, 0.15) is 6.04 Å². The number of carbonyl (C=O) groups excluding carboxylic acids is 1. The highest BCUT2D eigenvalue weighted by atomic mass is 16.4. The SMILES string of the molecule is CC(C)C[C@H](NC(=O)c1ccccc1N=[N+]=[N-])C(=O)O. The van der Waals surface area contributed by atoms with Crippen LogP contribution >= 0.6 is 0 Å². The molecule has 0 aliphatic carbocycles. The topological polar surface area (TPSA) is 115 Å². The summed E-state index contributed by atoms with van der Waals surface area (Å²) in [7, 11) is 0. The van der Waals surface area contributed by atoms with Crippen LogP contribution in [0.3, 0.4) is 0 Å². The fraction of sp³-hybridized carbons (Fsp3) is 0.385. The van der Waals surface area contributed by atoms with E-state index in [-0.39, 0.29) is 17.2 Å². The van der Waals surface area contributed by atoms with Crippen molar-refractivity contribution in [3.8, 4) is 0 Å². The summed E-state index contributed by atoms with van der Waals surface area (Å²) in [6.07, 6.45) is 0.324. The Bertz CT molecular complexity index is 550. The third-order valence-electron chi connectivity index (χ3n) is 2.61. The lowest BCUT2D eigenvalue weighted by Crippen LogP contribution is -2.41. The second-order valence-electron chi connectivity index (χ2n) is 4.70. The van der Waals surface area contributed by atoms with Gasteiger partial charge in [-0.1, -0.05) is 37.2 Å². The number of carbonyl (C=O) groups is 2. The molecule has 1 aromatic carbocycles. The van der Waals surface area contributed by atoms with E-state index in [1.54, 1.807) is 12.1 Å². The van der Waals surface area contributed by atoms with E-state index < -0.39 is 17.9 Å². The Hall–Kier alpha value is -2.53. The summed E-state index contributed by atoms with van der Waals surface area (Å²) in [5, 5.41) is 14.9. The Balaban J connectivity index is 2.94. The molecule has 0 heterocycles. The van der Waals surface area contributed by atoms with Crippen molar-refractivity contribution in [3.05, 3.63) is 40.3 Å². The molecule has 0 bridgehead atoms. The molecule has 0 fully saturated rings. The molecule has 1 rings (SSSR count). The van der Waals surface area contributed by atoms with Crippen LogP contribution in [0.15, 0.2) is 29.4 Å². The highest BCUT2D eigenvalue weighted by Crippen LogP contribution is 2.19. The molecule has 1 amide bonds. The highest BCUT2D eigenvalue weighted by molar-refractivity contribution is 6.00. The summed E-state index contributed by atoms with van der Waals surface area (Å²) in [5.41, 5.74) is 8.77. The highest BCUT2D eigenvalue weighted by Gasteiger charge is 2.22. The Labute approximate surface area is 116 Å². The maximum absolute atomic E-state index is 12.1. The quantitative estimate of drug-likeness (QED) is 0.472. The van der Waals surface area contributed by atoms with E-state index in [9.17, 15) is 9.59 Å². The predicted octanol–water partition coefficient (Wildman–Crippen LogP) is 2.86. The monoisotopic (exact) mass is 276 g/mol. The van der Waals surface area contributed by atoms with Crippen molar-refractivity contribution < 1.29 is 14.7 Å². The van der Waals surface area contributed by atoms with Gasteiger partial charge in [-0.25, -0.2) is 4.79 Å². The predicted molar refractivity (Wildman–Crippen MR) is 73.6 cm³/mol. The van der Waals surface area contributed by atoms with Gasteiger partial charge in [-0.2, -0.15) is 0 Å². The number of rotatable bonds is 6. The van der Waals surface area contributed by atoms with Gasteiger partial charge in [-0.3, -0.25) is 4.79 Å². The van der Waals surface area contributed by atoms with E-state index in [1.165, 1.54) is 12.1 Å². The maximum atomic E-state index is 12.1. The molecule has 0 aliphatic heterocycles. The molecule has 1 aromatic rings. The zero-order valence-electron chi connectivity index (χ0n) is 11.3. The van der Waals surface area contributed by atoms with Crippen LogP contribution in [0.2, 0.25) is 0 Å². The van der Waals surface area contributed by atoms with Crippen molar-refractivity contribution in [1.82, 2.24) is 5.32 Å². The van der Waals surface area contributed by atoms with Gasteiger partial charge in [0, 0.05) is 10.5 Å². The van der Waals surface area contributed by atoms with Crippen LogP contribution in [0.4, 0.5) is 5.69 Å². The molecule has 0 aliphatic rings. The smallest absolute Gasteiger partial charge is 0.326 e. The number of benzene rings is 1. The van der Waals surface area contributed by atoms with E-state index in [1.807, 2.05) is 13.8 Å². The minimum atomic E-state index is -1.09. The summed E-state index contributed by atoms with van der Waals surface area (Å²) in [5.74, 6) is -1.53. The molecule has 0 aromatic heterocycles. The first-order chi connectivity index (χ1) is 9.45. The Morgan fingerprint density at radius 1 is 1.40 bits per heavy atom. The molecule has 1 atom stereocenters. The Morgan fingerprint density at radius 2 is 2.05 bits per heavy atom. The average Bonchev–Trinajstić information content (AvgIpc) is 2.38. The minimum absolute atomic E-state index is 0.128. The van der Waals surface area contributed by atoms with E-state index in [4.69, 9.17) is 10.6 Å². The zero-order chi connectivity index (χ0) is 15.1. The number of nitrogens with zero attached hydrogens (tertiary/aromatic N) is 3. The number of hydrogen-bond donors (Lipinski definition) is 2. The molecule has 7 heteroatoms. The largest absolute Gasteiger partial charge is 0.480 e. The summed E-state index contributed by atoms with van der Waals surface area (Å²) in [6.45, 7) is 3.74. The first kappa shape index (κ1) is 15.5. The van der Waals surface area contributed by atoms with Crippen molar-refractivity contribution in [2.45, 2.75) is 26.3 Å². The fourth-order valence-electron chi connectivity index (χ4n) is 1.73. The van der Waals surface area contributed by atoms with Crippen molar-refractivity contribution in [2.75, 3.05) is 0 Å². The first-order valence-electron chi connectivity index (χ1n) is 6.13. The fourth-order valence-corrected chi connectivity index (χ4v) is 1.73. The lowest BCUT2D eigenvalue weighted by Gasteiger charge is -2.17. The van der Waals surface area contributed by atoms with Gasteiger partial charge in [0.05, 0.1) is 5.69 Å². The van der Waals surface area contributed by atoms with Crippen molar-refractivity contribution >= 4 is 17.6 Å². The van der Waals surface area contributed by atoms with Gasteiger partial charge in [0.25, 0.3) is 5.91 Å².